The van der Waals surface area contributed by atoms with Crippen LogP contribution in [0.4, 0.5) is 0 Å². The number of carbonyl (C=O) groups is 1. The van der Waals surface area contributed by atoms with Crippen LogP contribution in [-0.4, -0.2) is 47.7 Å². The topological polar surface area (TPSA) is 44.4 Å². The van der Waals surface area contributed by atoms with Crippen molar-refractivity contribution in [2.75, 3.05) is 25.4 Å². The van der Waals surface area contributed by atoms with Gasteiger partial charge in [-0.1, -0.05) is 12.8 Å². The summed E-state index contributed by atoms with van der Waals surface area (Å²) in [4.78, 5) is 14.6. The molecule has 5 heteroatoms. The summed E-state index contributed by atoms with van der Waals surface area (Å²) in [6, 6.07) is 0.564. The Hall–Kier alpha value is -0.260. The highest BCUT2D eigenvalue weighted by Gasteiger charge is 2.37. The van der Waals surface area contributed by atoms with E-state index >= 15 is 0 Å². The molecule has 0 aromatic rings. The van der Waals surface area contributed by atoms with E-state index in [4.69, 9.17) is 0 Å². The van der Waals surface area contributed by atoms with E-state index in [0.717, 1.165) is 25.6 Å². The number of rotatable bonds is 3. The summed E-state index contributed by atoms with van der Waals surface area (Å²) in [6.07, 6.45) is 7.67. The molecule has 2 atom stereocenters. The van der Waals surface area contributed by atoms with Gasteiger partial charge in [-0.2, -0.15) is 0 Å². The van der Waals surface area contributed by atoms with Gasteiger partial charge in [-0.15, -0.1) is 11.8 Å². The molecule has 3 rings (SSSR count). The molecule has 2 saturated heterocycles. The van der Waals surface area contributed by atoms with E-state index in [1.165, 1.54) is 38.5 Å². The monoisotopic (exact) mass is 283 g/mol. The maximum absolute atomic E-state index is 12.4. The minimum Gasteiger partial charge on any atom is -0.339 e. The Morgan fingerprint density at radius 2 is 1.89 bits per heavy atom. The maximum atomic E-state index is 12.4. The van der Waals surface area contributed by atoms with Gasteiger partial charge in [-0.3, -0.25) is 15.4 Å². The van der Waals surface area contributed by atoms with Crippen LogP contribution in [0.1, 0.15) is 38.5 Å². The Bertz CT molecular complexity index is 320. The Balaban J connectivity index is 1.47. The number of fused-ring (bicyclic) bond motifs is 1. The van der Waals surface area contributed by atoms with Gasteiger partial charge in [-0.05, 0) is 44.7 Å². The molecule has 2 aliphatic heterocycles. The molecule has 0 bridgehead atoms. The average molecular weight is 283 g/mol. The Morgan fingerprint density at radius 3 is 2.74 bits per heavy atom. The quantitative estimate of drug-likeness (QED) is 0.821. The molecule has 0 spiro atoms. The normalized spacial score (nSPS) is 32.3. The predicted molar refractivity (Wildman–Crippen MR) is 78.9 cm³/mol. The molecular formula is C14H25N3OS. The number of carbonyl (C=O) groups excluding carboxylic acids is 1. The smallest absolute Gasteiger partial charge is 0.232 e. The third-order valence-electron chi connectivity index (χ3n) is 4.72. The van der Waals surface area contributed by atoms with Crippen molar-refractivity contribution in [1.82, 2.24) is 15.5 Å². The summed E-state index contributed by atoms with van der Waals surface area (Å²) >= 11 is 1.72. The first-order valence-corrected chi connectivity index (χ1v) is 8.77. The van der Waals surface area contributed by atoms with Crippen LogP contribution in [0.15, 0.2) is 0 Å². The van der Waals surface area contributed by atoms with Crippen LogP contribution >= 0.6 is 11.8 Å². The lowest BCUT2D eigenvalue weighted by Gasteiger charge is -2.32. The lowest BCUT2D eigenvalue weighted by Crippen LogP contribution is -2.47. The Labute approximate surface area is 120 Å². The highest BCUT2D eigenvalue weighted by atomic mass is 32.2. The van der Waals surface area contributed by atoms with Crippen LogP contribution < -0.4 is 10.6 Å². The van der Waals surface area contributed by atoms with Crippen LogP contribution in [0.2, 0.25) is 0 Å². The lowest BCUT2D eigenvalue weighted by molar-refractivity contribution is -0.129. The molecule has 1 saturated carbocycles. The van der Waals surface area contributed by atoms with E-state index in [1.807, 2.05) is 0 Å². The van der Waals surface area contributed by atoms with E-state index < -0.39 is 0 Å². The van der Waals surface area contributed by atoms with Crippen LogP contribution in [0, 0.1) is 5.92 Å². The second-order valence-electron chi connectivity index (χ2n) is 5.94. The number of hydrogen-bond acceptors (Lipinski definition) is 4. The zero-order chi connectivity index (χ0) is 13.1. The molecule has 3 fully saturated rings. The summed E-state index contributed by atoms with van der Waals surface area (Å²) in [5.41, 5.74) is 0.266. The zero-order valence-corrected chi connectivity index (χ0v) is 12.4. The second-order valence-corrected chi connectivity index (χ2v) is 7.03. The molecule has 2 heterocycles. The fourth-order valence-corrected chi connectivity index (χ4v) is 4.64. The van der Waals surface area contributed by atoms with Gasteiger partial charge in [0.05, 0.1) is 5.75 Å². The number of hydrogen-bond donors (Lipinski definition) is 2. The molecule has 0 aromatic heterocycles. The van der Waals surface area contributed by atoms with E-state index in [2.05, 4.69) is 15.5 Å². The van der Waals surface area contributed by atoms with E-state index in [-0.39, 0.29) is 5.50 Å². The number of likely N-dealkylation sites (tertiary alicyclic amines) is 1. The minimum absolute atomic E-state index is 0.266. The molecule has 0 aromatic carbocycles. The molecule has 3 aliphatic rings. The summed E-state index contributed by atoms with van der Waals surface area (Å²) in [7, 11) is 0. The molecule has 4 nitrogen and oxygen atoms in total. The van der Waals surface area contributed by atoms with Crippen LogP contribution in [-0.2, 0) is 4.79 Å². The largest absolute Gasteiger partial charge is 0.339 e. The first kappa shape index (κ1) is 13.7. The van der Waals surface area contributed by atoms with Gasteiger partial charge in [0.2, 0.25) is 5.91 Å². The molecular weight excluding hydrogens is 258 g/mol. The SMILES string of the molecule is O=C(CSC1NCCCN1)N1CCC2CCCCC21. The van der Waals surface area contributed by atoms with Crippen LogP contribution in [0.5, 0.6) is 0 Å². The molecule has 1 aliphatic carbocycles. The van der Waals surface area contributed by atoms with Crippen molar-refractivity contribution < 1.29 is 4.79 Å². The third kappa shape index (κ3) is 3.26. The van der Waals surface area contributed by atoms with Gasteiger partial charge < -0.3 is 4.90 Å². The minimum atomic E-state index is 0.266. The maximum Gasteiger partial charge on any atom is 0.232 e. The average Bonchev–Trinajstić information content (AvgIpc) is 2.90. The van der Waals surface area contributed by atoms with Crippen molar-refractivity contribution in [2.24, 2.45) is 5.92 Å². The number of amides is 1. The lowest BCUT2D eigenvalue weighted by atomic mass is 9.85. The van der Waals surface area contributed by atoms with Crippen molar-refractivity contribution in [1.29, 1.82) is 0 Å². The van der Waals surface area contributed by atoms with Crippen molar-refractivity contribution in [2.45, 2.75) is 50.1 Å². The molecule has 19 heavy (non-hydrogen) atoms. The summed E-state index contributed by atoms with van der Waals surface area (Å²) in [5, 5.41) is 6.80. The van der Waals surface area contributed by atoms with Crippen molar-refractivity contribution >= 4 is 17.7 Å². The van der Waals surface area contributed by atoms with Gasteiger partial charge in [-0.25, -0.2) is 0 Å². The van der Waals surface area contributed by atoms with E-state index in [9.17, 15) is 4.79 Å². The molecule has 1 amide bonds. The summed E-state index contributed by atoms with van der Waals surface area (Å²) < 4.78 is 0. The standard InChI is InChI=1S/C14H25N3OS/c18-13(10-19-14-15-7-3-8-16-14)17-9-6-11-4-1-2-5-12(11)17/h11-12,14-16H,1-10H2. The number of nitrogens with one attached hydrogen (secondary N) is 2. The Kier molecular flexibility index (Phi) is 4.66. The Morgan fingerprint density at radius 1 is 1.11 bits per heavy atom. The van der Waals surface area contributed by atoms with E-state index in [0.29, 0.717) is 17.7 Å². The highest BCUT2D eigenvalue weighted by molar-refractivity contribution is 8.00. The molecule has 2 N–H and O–H groups in total. The number of thioether (sulfide) groups is 1. The van der Waals surface area contributed by atoms with Crippen molar-refractivity contribution in [3.63, 3.8) is 0 Å². The van der Waals surface area contributed by atoms with Crippen LogP contribution in [0.25, 0.3) is 0 Å². The summed E-state index contributed by atoms with van der Waals surface area (Å²) in [5.74, 6) is 1.77. The fraction of sp³-hybridized carbons (Fsp3) is 0.929. The molecule has 2 unspecified atom stereocenters. The van der Waals surface area contributed by atoms with Gasteiger partial charge in [0, 0.05) is 12.6 Å². The molecule has 108 valence electrons. The predicted octanol–water partition coefficient (Wildman–Crippen LogP) is 1.38. The van der Waals surface area contributed by atoms with Gasteiger partial charge in [0.25, 0.3) is 0 Å². The van der Waals surface area contributed by atoms with Gasteiger partial charge in [0.15, 0.2) is 0 Å². The van der Waals surface area contributed by atoms with Crippen molar-refractivity contribution in [3.05, 3.63) is 0 Å². The third-order valence-corrected chi connectivity index (χ3v) is 5.80. The van der Waals surface area contributed by atoms with Crippen molar-refractivity contribution in [3.8, 4) is 0 Å². The second kappa shape index (κ2) is 6.46. The first-order chi connectivity index (χ1) is 9.34. The molecule has 0 radical (unpaired) electrons. The summed E-state index contributed by atoms with van der Waals surface area (Å²) in [6.45, 7) is 3.13. The van der Waals surface area contributed by atoms with Gasteiger partial charge >= 0.3 is 0 Å². The fourth-order valence-electron chi connectivity index (χ4n) is 3.70. The number of nitrogens with zero attached hydrogens (tertiary/aromatic N) is 1. The highest BCUT2D eigenvalue weighted by Crippen LogP contribution is 2.36. The van der Waals surface area contributed by atoms with Crippen LogP contribution in [0.3, 0.4) is 0 Å². The van der Waals surface area contributed by atoms with E-state index in [1.54, 1.807) is 11.8 Å². The zero-order valence-electron chi connectivity index (χ0n) is 11.6. The first-order valence-electron chi connectivity index (χ1n) is 7.72. The van der Waals surface area contributed by atoms with Gasteiger partial charge in [0.1, 0.15) is 5.50 Å².